The zero-order valence-corrected chi connectivity index (χ0v) is 22.9. The molecule has 0 bridgehead atoms. The summed E-state index contributed by atoms with van der Waals surface area (Å²) in [5.74, 6) is 3.13. The second-order valence-corrected chi connectivity index (χ2v) is 13.1. The van der Waals surface area contributed by atoms with Gasteiger partial charge < -0.3 is 14.2 Å². The minimum atomic E-state index is -0.177. The molecular formula is C29H44O4S. The molecule has 0 aliphatic heterocycles. The van der Waals surface area contributed by atoms with Gasteiger partial charge in [0.25, 0.3) is 0 Å². The van der Waals surface area contributed by atoms with Crippen LogP contribution in [0.4, 0.5) is 0 Å². The number of carbonyl (C=O) groups is 1. The van der Waals surface area contributed by atoms with Crippen LogP contribution in [0, 0.1) is 29.6 Å². The Kier molecular flexibility index (Phi) is 7.77. The van der Waals surface area contributed by atoms with Crippen molar-refractivity contribution >= 4 is 17.7 Å². The second-order valence-electron chi connectivity index (χ2n) is 12.0. The molecule has 0 N–H and O–H groups in total. The second kappa shape index (κ2) is 10.1. The van der Waals surface area contributed by atoms with Gasteiger partial charge in [-0.15, -0.1) is 11.8 Å². The van der Waals surface area contributed by atoms with E-state index in [0.717, 1.165) is 18.1 Å². The van der Waals surface area contributed by atoms with Crippen LogP contribution >= 0.6 is 11.8 Å². The van der Waals surface area contributed by atoms with Crippen LogP contribution in [0.1, 0.15) is 76.5 Å². The van der Waals surface area contributed by atoms with Gasteiger partial charge in [-0.3, -0.25) is 4.79 Å². The van der Waals surface area contributed by atoms with Gasteiger partial charge in [-0.2, -0.15) is 0 Å². The van der Waals surface area contributed by atoms with E-state index in [9.17, 15) is 4.79 Å². The molecule has 4 atom stereocenters. The van der Waals surface area contributed by atoms with Crippen molar-refractivity contribution in [3.8, 4) is 5.75 Å². The molecule has 2 fully saturated rings. The molecule has 34 heavy (non-hydrogen) atoms. The largest absolute Gasteiger partial charge is 0.426 e. The van der Waals surface area contributed by atoms with E-state index in [1.807, 2.05) is 0 Å². The molecule has 4 nitrogen and oxygen atoms in total. The Morgan fingerprint density at radius 1 is 1.06 bits per heavy atom. The third kappa shape index (κ3) is 4.82. The molecule has 0 spiro atoms. The number of methoxy groups -OCH3 is 1. The number of benzene rings is 1. The smallest absolute Gasteiger partial charge is 0.321 e. The SMILES string of the molecule is COCCOCCSCC(=O)Oc1cc(C)c2c(c1)C[C@H]1[C@@]3(C)CCCC(C)(C)[C@@H]3CC[C@@]21C. The first-order valence-electron chi connectivity index (χ1n) is 13.1. The van der Waals surface area contributed by atoms with E-state index in [-0.39, 0.29) is 11.4 Å². The fourth-order valence-corrected chi connectivity index (χ4v) is 8.77. The van der Waals surface area contributed by atoms with Crippen molar-refractivity contribution in [1.29, 1.82) is 0 Å². The Morgan fingerprint density at radius 3 is 2.62 bits per heavy atom. The van der Waals surface area contributed by atoms with Crippen LogP contribution in [0.5, 0.6) is 5.75 Å². The molecule has 0 saturated heterocycles. The van der Waals surface area contributed by atoms with Crippen molar-refractivity contribution in [1.82, 2.24) is 0 Å². The van der Waals surface area contributed by atoms with Crippen molar-refractivity contribution in [3.63, 3.8) is 0 Å². The Labute approximate surface area is 210 Å². The number of thioether (sulfide) groups is 1. The molecule has 1 aromatic rings. The maximum atomic E-state index is 12.5. The molecule has 1 aromatic carbocycles. The van der Waals surface area contributed by atoms with Crippen LogP contribution in [-0.2, 0) is 26.1 Å². The number of ether oxygens (including phenoxy) is 3. The third-order valence-electron chi connectivity index (χ3n) is 9.43. The summed E-state index contributed by atoms with van der Waals surface area (Å²) in [4.78, 5) is 12.5. The summed E-state index contributed by atoms with van der Waals surface area (Å²) in [5.41, 5.74) is 5.31. The quantitative estimate of drug-likeness (QED) is 0.230. The van der Waals surface area contributed by atoms with Gasteiger partial charge in [-0.05, 0) is 95.9 Å². The predicted octanol–water partition coefficient (Wildman–Crippen LogP) is 6.35. The number of fused-ring (bicyclic) bond motifs is 5. The molecule has 0 heterocycles. The summed E-state index contributed by atoms with van der Waals surface area (Å²) in [7, 11) is 1.66. The van der Waals surface area contributed by atoms with E-state index in [1.54, 1.807) is 24.4 Å². The minimum absolute atomic E-state index is 0.177. The molecule has 3 aliphatic rings. The number of carbonyl (C=O) groups excluding carboxylic acids is 1. The van der Waals surface area contributed by atoms with E-state index in [4.69, 9.17) is 14.2 Å². The summed E-state index contributed by atoms with van der Waals surface area (Å²) < 4.78 is 16.2. The summed E-state index contributed by atoms with van der Waals surface area (Å²) in [6.45, 7) is 14.2. The maximum absolute atomic E-state index is 12.5. The van der Waals surface area contributed by atoms with Crippen LogP contribution in [0.25, 0.3) is 0 Å². The van der Waals surface area contributed by atoms with Crippen LogP contribution in [-0.4, -0.2) is 44.4 Å². The molecule has 0 aromatic heterocycles. The predicted molar refractivity (Wildman–Crippen MR) is 140 cm³/mol. The molecule has 0 unspecified atom stereocenters. The van der Waals surface area contributed by atoms with E-state index in [2.05, 4.69) is 46.8 Å². The topological polar surface area (TPSA) is 44.8 Å². The Morgan fingerprint density at radius 2 is 1.85 bits per heavy atom. The number of esters is 1. The van der Waals surface area contributed by atoms with Gasteiger partial charge in [-0.1, -0.05) is 34.1 Å². The zero-order chi connectivity index (χ0) is 24.6. The molecule has 2 saturated carbocycles. The average Bonchev–Trinajstić information content (AvgIpc) is 3.06. The van der Waals surface area contributed by atoms with E-state index < -0.39 is 0 Å². The minimum Gasteiger partial charge on any atom is -0.426 e. The fraction of sp³-hybridized carbons (Fsp3) is 0.759. The highest BCUT2D eigenvalue weighted by molar-refractivity contribution is 7.99. The standard InChI is InChI=1S/C29H44O4S/c1-20-16-22(33-25(30)19-34-15-14-32-13-12-31-6)17-21-18-24-28(4)10-7-9-27(2,3)23(28)8-11-29(24,5)26(20)21/h16-17,23-24H,7-15,18-19H2,1-6H3/t23-,24-,28-,29+/m0/s1. The Balaban J connectivity index is 1.43. The van der Waals surface area contributed by atoms with Gasteiger partial charge in [0.1, 0.15) is 5.75 Å². The van der Waals surface area contributed by atoms with Gasteiger partial charge >= 0.3 is 5.97 Å². The van der Waals surface area contributed by atoms with Crippen molar-refractivity contribution in [2.24, 2.45) is 22.7 Å². The van der Waals surface area contributed by atoms with Crippen LogP contribution in [0.15, 0.2) is 12.1 Å². The Bertz CT molecular complexity index is 896. The number of hydrogen-bond acceptors (Lipinski definition) is 5. The normalized spacial score (nSPS) is 31.5. The van der Waals surface area contributed by atoms with Crippen molar-refractivity contribution in [2.45, 2.75) is 78.6 Å². The van der Waals surface area contributed by atoms with Gasteiger partial charge in [0, 0.05) is 12.9 Å². The van der Waals surface area contributed by atoms with Gasteiger partial charge in [0.2, 0.25) is 0 Å². The fourth-order valence-electron chi connectivity index (χ4n) is 8.17. The van der Waals surface area contributed by atoms with Crippen molar-refractivity contribution in [2.75, 3.05) is 38.4 Å². The molecule has 5 heteroatoms. The lowest BCUT2D eigenvalue weighted by Crippen LogP contribution is -2.55. The number of hydrogen-bond donors (Lipinski definition) is 0. The van der Waals surface area contributed by atoms with E-state index in [1.165, 1.54) is 43.2 Å². The summed E-state index contributed by atoms with van der Waals surface area (Å²) in [5, 5.41) is 0. The molecule has 0 radical (unpaired) electrons. The van der Waals surface area contributed by atoms with E-state index >= 15 is 0 Å². The number of rotatable bonds is 9. The highest BCUT2D eigenvalue weighted by atomic mass is 32.2. The van der Waals surface area contributed by atoms with Crippen molar-refractivity contribution in [3.05, 3.63) is 28.8 Å². The van der Waals surface area contributed by atoms with Crippen molar-refractivity contribution < 1.29 is 19.0 Å². The third-order valence-corrected chi connectivity index (χ3v) is 10.3. The van der Waals surface area contributed by atoms with Gasteiger partial charge in [0.05, 0.1) is 25.6 Å². The molecular weight excluding hydrogens is 444 g/mol. The highest BCUT2D eigenvalue weighted by Crippen LogP contribution is 2.67. The lowest BCUT2D eigenvalue weighted by atomic mass is 9.43. The van der Waals surface area contributed by atoms with Crippen LogP contribution in [0.3, 0.4) is 0 Å². The summed E-state index contributed by atoms with van der Waals surface area (Å²) in [6, 6.07) is 4.27. The summed E-state index contributed by atoms with van der Waals surface area (Å²) in [6.07, 6.45) is 7.78. The lowest BCUT2D eigenvalue weighted by Gasteiger charge is -2.61. The molecule has 190 valence electrons. The summed E-state index contributed by atoms with van der Waals surface area (Å²) >= 11 is 1.56. The molecule has 0 amide bonds. The first-order valence-corrected chi connectivity index (χ1v) is 14.3. The van der Waals surface area contributed by atoms with Gasteiger partial charge in [-0.25, -0.2) is 0 Å². The van der Waals surface area contributed by atoms with Gasteiger partial charge in [0.15, 0.2) is 0 Å². The highest BCUT2D eigenvalue weighted by Gasteiger charge is 2.61. The van der Waals surface area contributed by atoms with E-state index in [0.29, 0.717) is 48.1 Å². The Hall–Kier alpha value is -1.04. The number of aryl methyl sites for hydroxylation is 1. The first-order chi connectivity index (χ1) is 16.1. The average molecular weight is 489 g/mol. The lowest BCUT2D eigenvalue weighted by molar-refractivity contribution is -0.131. The zero-order valence-electron chi connectivity index (χ0n) is 22.1. The van der Waals surface area contributed by atoms with Crippen LogP contribution < -0.4 is 4.74 Å². The first kappa shape index (κ1) is 26.0. The van der Waals surface area contributed by atoms with Crippen LogP contribution in [0.2, 0.25) is 0 Å². The molecule has 4 rings (SSSR count). The maximum Gasteiger partial charge on any atom is 0.321 e. The molecule has 3 aliphatic carbocycles. The monoisotopic (exact) mass is 488 g/mol.